The summed E-state index contributed by atoms with van der Waals surface area (Å²) < 4.78 is 0. The van der Waals surface area contributed by atoms with Crippen molar-refractivity contribution in [3.05, 3.63) is 194 Å². The van der Waals surface area contributed by atoms with Crippen molar-refractivity contribution in [2.45, 2.75) is 0 Å². The van der Waals surface area contributed by atoms with E-state index in [0.717, 1.165) is 0 Å². The summed E-state index contributed by atoms with van der Waals surface area (Å²) in [7, 11) is 0. The van der Waals surface area contributed by atoms with Crippen LogP contribution in [0.25, 0.3) is 109 Å². The number of hydrogen-bond acceptors (Lipinski definition) is 0. The van der Waals surface area contributed by atoms with Crippen LogP contribution < -0.4 is 0 Å². The van der Waals surface area contributed by atoms with Gasteiger partial charge in [-0.2, -0.15) is 0 Å². The fourth-order valence-corrected chi connectivity index (χ4v) is 8.69. The second-order valence-corrected chi connectivity index (χ2v) is 14.1. The summed E-state index contributed by atoms with van der Waals surface area (Å²) in [4.78, 5) is 0. The maximum absolute atomic E-state index is 2.38. The molecule has 0 fully saturated rings. The number of rotatable bonds is 3. The molecule has 0 aliphatic carbocycles. The van der Waals surface area contributed by atoms with E-state index in [9.17, 15) is 0 Å². The lowest BCUT2D eigenvalue weighted by atomic mass is 9.89. The highest BCUT2D eigenvalue weighted by molar-refractivity contribution is 6.25. The molecule has 0 nitrogen and oxygen atoms in total. The Morgan fingerprint density at radius 3 is 1.42 bits per heavy atom. The van der Waals surface area contributed by atoms with E-state index in [1.165, 1.54) is 109 Å². The molecule has 0 aliphatic rings. The van der Waals surface area contributed by atoms with Crippen LogP contribution in [0.3, 0.4) is 0 Å². The van der Waals surface area contributed by atoms with Gasteiger partial charge in [0.2, 0.25) is 0 Å². The van der Waals surface area contributed by atoms with E-state index >= 15 is 0 Å². The Balaban J connectivity index is 1.02. The van der Waals surface area contributed by atoms with Crippen LogP contribution in [0.1, 0.15) is 0 Å². The van der Waals surface area contributed by atoms with Crippen molar-refractivity contribution in [1.82, 2.24) is 0 Å². The Morgan fingerprint density at radius 2 is 0.654 bits per heavy atom. The predicted molar refractivity (Wildman–Crippen MR) is 225 cm³/mol. The Hall–Kier alpha value is -6.76. The van der Waals surface area contributed by atoms with E-state index in [-0.39, 0.29) is 0 Å². The highest BCUT2D eigenvalue weighted by atomic mass is 14.2. The van der Waals surface area contributed by atoms with Crippen molar-refractivity contribution in [1.29, 1.82) is 0 Å². The van der Waals surface area contributed by atoms with Gasteiger partial charge in [-0.3, -0.25) is 0 Å². The van der Waals surface area contributed by atoms with Gasteiger partial charge in [-0.25, -0.2) is 0 Å². The minimum Gasteiger partial charge on any atom is -0.0616 e. The van der Waals surface area contributed by atoms with Gasteiger partial charge in [0.25, 0.3) is 0 Å². The zero-order valence-electron chi connectivity index (χ0n) is 28.5. The summed E-state index contributed by atoms with van der Waals surface area (Å²) in [5.74, 6) is 0. The van der Waals surface area contributed by atoms with Crippen molar-refractivity contribution in [2.75, 3.05) is 0 Å². The Labute approximate surface area is 301 Å². The van der Waals surface area contributed by atoms with Gasteiger partial charge in [-0.15, -0.1) is 0 Å². The average molecular weight is 657 g/mol. The highest BCUT2D eigenvalue weighted by Gasteiger charge is 2.14. The van der Waals surface area contributed by atoms with Gasteiger partial charge >= 0.3 is 0 Å². The quantitative estimate of drug-likeness (QED) is 0.166. The lowest BCUT2D eigenvalue weighted by Gasteiger charge is -2.15. The minimum absolute atomic E-state index is 1.22. The first-order valence-electron chi connectivity index (χ1n) is 18.1. The van der Waals surface area contributed by atoms with Crippen molar-refractivity contribution in [3.8, 4) is 33.4 Å². The van der Waals surface area contributed by atoms with E-state index in [1.54, 1.807) is 0 Å². The molecule has 0 atom stereocenters. The molecule has 0 radical (unpaired) electrons. The van der Waals surface area contributed by atoms with Crippen molar-refractivity contribution >= 4 is 75.4 Å². The molecule has 52 heavy (non-hydrogen) atoms. The van der Waals surface area contributed by atoms with E-state index in [1.807, 2.05) is 0 Å². The molecule has 0 spiro atoms. The second kappa shape index (κ2) is 11.4. The molecule has 0 saturated carbocycles. The molecule has 0 heterocycles. The zero-order chi connectivity index (χ0) is 34.2. The van der Waals surface area contributed by atoms with Crippen LogP contribution in [-0.2, 0) is 0 Å². The first kappa shape index (κ1) is 29.0. The molecule has 240 valence electrons. The third kappa shape index (κ3) is 4.48. The number of hydrogen-bond donors (Lipinski definition) is 0. The van der Waals surface area contributed by atoms with Crippen LogP contribution in [0.4, 0.5) is 0 Å². The van der Waals surface area contributed by atoms with Gasteiger partial charge in [-0.1, -0.05) is 164 Å². The molecule has 0 heteroatoms. The van der Waals surface area contributed by atoms with Crippen molar-refractivity contribution in [3.63, 3.8) is 0 Å². The molecule has 0 unspecified atom stereocenters. The predicted octanol–water partition coefficient (Wildman–Crippen LogP) is 14.8. The molecule has 0 aliphatic heterocycles. The van der Waals surface area contributed by atoms with Gasteiger partial charge in [0.15, 0.2) is 0 Å². The maximum atomic E-state index is 2.38. The van der Waals surface area contributed by atoms with Gasteiger partial charge in [-0.05, 0) is 139 Å². The number of benzene rings is 11. The SMILES string of the molecule is c1cc(-c2ccc3cc(-c4cc5ccccc5c5c4ccc4ccccc45)ccc3c2)cc(-c2cc3ccc4ccccc4c3c3ccccc23)c1. The van der Waals surface area contributed by atoms with Gasteiger partial charge < -0.3 is 0 Å². The maximum Gasteiger partial charge on any atom is -0.00206 e. The largest absolute Gasteiger partial charge is 0.0616 e. The van der Waals surface area contributed by atoms with E-state index in [2.05, 4.69) is 194 Å². The fraction of sp³-hybridized carbons (Fsp3) is 0. The minimum atomic E-state index is 1.22. The smallest absolute Gasteiger partial charge is 0.00206 e. The molecule has 11 rings (SSSR count). The van der Waals surface area contributed by atoms with E-state index < -0.39 is 0 Å². The zero-order valence-corrected chi connectivity index (χ0v) is 28.5. The van der Waals surface area contributed by atoms with Crippen LogP contribution in [0, 0.1) is 0 Å². The van der Waals surface area contributed by atoms with Gasteiger partial charge in [0, 0.05) is 0 Å². The van der Waals surface area contributed by atoms with Crippen molar-refractivity contribution < 1.29 is 0 Å². The first-order chi connectivity index (χ1) is 25.8. The average Bonchev–Trinajstić information content (AvgIpc) is 3.22. The standard InChI is InChI=1S/C52H32/c1-4-15-43-33(10-1)20-25-42-32-49(46-18-7-8-19-47(46)51(42)43)39-14-9-13-35(29-39)36-21-22-38-30-41(24-23-37(38)28-36)50-31-40-12-3-6-17-45(40)52-44-16-5-2-11-34(44)26-27-48(50)52/h1-32H. The first-order valence-corrected chi connectivity index (χ1v) is 18.1. The summed E-state index contributed by atoms with van der Waals surface area (Å²) >= 11 is 0. The molecule has 11 aromatic rings. The van der Waals surface area contributed by atoms with Gasteiger partial charge in [0.1, 0.15) is 0 Å². The Morgan fingerprint density at radius 1 is 0.192 bits per heavy atom. The van der Waals surface area contributed by atoms with E-state index in [4.69, 9.17) is 0 Å². The summed E-state index contributed by atoms with van der Waals surface area (Å²) in [6.45, 7) is 0. The van der Waals surface area contributed by atoms with E-state index in [0.29, 0.717) is 0 Å². The molecule has 0 bridgehead atoms. The lowest BCUT2D eigenvalue weighted by molar-refractivity contribution is 1.62. The summed E-state index contributed by atoms with van der Waals surface area (Å²) in [6, 6.07) is 71.9. The van der Waals surface area contributed by atoms with Crippen LogP contribution >= 0.6 is 0 Å². The highest BCUT2D eigenvalue weighted by Crippen LogP contribution is 2.41. The molecule has 11 aromatic carbocycles. The monoisotopic (exact) mass is 656 g/mol. The van der Waals surface area contributed by atoms with Crippen LogP contribution in [0.2, 0.25) is 0 Å². The molecule has 0 N–H and O–H groups in total. The third-order valence-electron chi connectivity index (χ3n) is 11.2. The summed E-state index contributed by atoms with van der Waals surface area (Å²) in [5.41, 5.74) is 7.45. The molecular formula is C52H32. The normalized spacial score (nSPS) is 11.8. The molecule has 0 amide bonds. The topological polar surface area (TPSA) is 0 Å². The van der Waals surface area contributed by atoms with Gasteiger partial charge in [0.05, 0.1) is 0 Å². The molecule has 0 aromatic heterocycles. The summed E-state index contributed by atoms with van der Waals surface area (Å²) in [6.07, 6.45) is 0. The number of fused-ring (bicyclic) bond motifs is 11. The summed E-state index contributed by atoms with van der Waals surface area (Å²) in [5, 5.41) is 18.0. The molecule has 0 saturated heterocycles. The lowest BCUT2D eigenvalue weighted by Crippen LogP contribution is -1.88. The fourth-order valence-electron chi connectivity index (χ4n) is 8.69. The van der Waals surface area contributed by atoms with Crippen LogP contribution in [0.5, 0.6) is 0 Å². The van der Waals surface area contributed by atoms with Crippen molar-refractivity contribution in [2.24, 2.45) is 0 Å². The Bertz CT molecular complexity index is 3220. The third-order valence-corrected chi connectivity index (χ3v) is 11.2. The van der Waals surface area contributed by atoms with Crippen LogP contribution in [-0.4, -0.2) is 0 Å². The molecular weight excluding hydrogens is 625 g/mol. The second-order valence-electron chi connectivity index (χ2n) is 14.1. The van der Waals surface area contributed by atoms with Crippen LogP contribution in [0.15, 0.2) is 194 Å². The Kier molecular flexibility index (Phi) is 6.35.